The molecule has 6 heteroatoms. The van der Waals surface area contributed by atoms with Crippen molar-refractivity contribution >= 4 is 5.91 Å². The smallest absolute Gasteiger partial charge is 0.274 e. The van der Waals surface area contributed by atoms with Crippen LogP contribution in [0.2, 0.25) is 0 Å². The quantitative estimate of drug-likeness (QED) is 0.674. The zero-order chi connectivity index (χ0) is 16.4. The third kappa shape index (κ3) is 6.37. The minimum atomic E-state index is -1.12. The molecule has 124 valence electrons. The summed E-state index contributed by atoms with van der Waals surface area (Å²) in [5.41, 5.74) is -1.98. The molecule has 0 spiro atoms. The van der Waals surface area contributed by atoms with Crippen molar-refractivity contribution in [1.82, 2.24) is 9.55 Å². The summed E-state index contributed by atoms with van der Waals surface area (Å²) in [5.74, 6) is -1.61. The first-order valence-corrected chi connectivity index (χ1v) is 8.11. The van der Waals surface area contributed by atoms with Crippen LogP contribution in [0.4, 0.5) is 4.39 Å². The van der Waals surface area contributed by atoms with Gasteiger partial charge in [0.25, 0.3) is 5.56 Å². The first-order valence-electron chi connectivity index (χ1n) is 8.11. The molecule has 0 aromatic carbocycles. The third-order valence-electron chi connectivity index (χ3n) is 3.66. The molecule has 22 heavy (non-hydrogen) atoms. The lowest BCUT2D eigenvalue weighted by Gasteiger charge is -2.04. The second-order valence-electron chi connectivity index (χ2n) is 5.58. The van der Waals surface area contributed by atoms with Gasteiger partial charge in [0, 0.05) is 6.42 Å². The molecule has 0 amide bonds. The molecular weight excluding hydrogens is 287 g/mol. The average molecular weight is 312 g/mol. The van der Waals surface area contributed by atoms with Crippen molar-refractivity contribution < 1.29 is 9.18 Å². The predicted octanol–water partition coefficient (Wildman–Crippen LogP) is 3.24. The lowest BCUT2D eigenvalue weighted by molar-refractivity contribution is 0.0891. The normalized spacial score (nSPS) is 10.8. The highest BCUT2D eigenvalue weighted by molar-refractivity contribution is 5.78. The molecule has 0 atom stereocenters. The summed E-state index contributed by atoms with van der Waals surface area (Å²) in [5, 5.41) is 0. The van der Waals surface area contributed by atoms with E-state index in [-0.39, 0.29) is 6.42 Å². The van der Waals surface area contributed by atoms with Crippen LogP contribution in [0.5, 0.6) is 0 Å². The van der Waals surface area contributed by atoms with Gasteiger partial charge in [-0.1, -0.05) is 58.3 Å². The van der Waals surface area contributed by atoms with Crippen molar-refractivity contribution in [3.8, 4) is 0 Å². The van der Waals surface area contributed by atoms with E-state index in [4.69, 9.17) is 0 Å². The van der Waals surface area contributed by atoms with Gasteiger partial charge in [-0.3, -0.25) is 14.6 Å². The number of nitrogens with zero attached hydrogens (tertiary/aromatic N) is 1. The first kappa shape index (κ1) is 18.3. The number of rotatable bonds is 10. The van der Waals surface area contributed by atoms with E-state index in [1.165, 1.54) is 32.1 Å². The van der Waals surface area contributed by atoms with Gasteiger partial charge in [-0.25, -0.2) is 9.36 Å². The average Bonchev–Trinajstić information content (AvgIpc) is 2.49. The van der Waals surface area contributed by atoms with Gasteiger partial charge in [-0.2, -0.15) is 4.39 Å². The van der Waals surface area contributed by atoms with Crippen molar-refractivity contribution in [2.75, 3.05) is 0 Å². The highest BCUT2D eigenvalue weighted by Crippen LogP contribution is 2.10. The molecule has 1 rings (SSSR count). The SMILES string of the molecule is CCCCCCCCCCCC(=O)n1cc(F)c(=O)[nH]c1=O. The Bertz CT molecular complexity index is 577. The molecule has 0 aliphatic carbocycles. The minimum Gasteiger partial charge on any atom is -0.274 e. The summed E-state index contributed by atoms with van der Waals surface area (Å²) >= 11 is 0. The van der Waals surface area contributed by atoms with Crippen LogP contribution in [-0.2, 0) is 0 Å². The molecule has 0 fully saturated rings. The van der Waals surface area contributed by atoms with E-state index in [1.807, 2.05) is 0 Å². The van der Waals surface area contributed by atoms with E-state index in [9.17, 15) is 18.8 Å². The van der Waals surface area contributed by atoms with Crippen LogP contribution in [0.25, 0.3) is 0 Å². The number of aromatic nitrogens is 2. The first-order chi connectivity index (χ1) is 10.6. The number of carbonyl (C=O) groups is 1. The molecular formula is C16H25FN2O3. The Kier molecular flexibility index (Phi) is 8.40. The largest absolute Gasteiger partial charge is 0.335 e. The second kappa shape index (κ2) is 10.1. The van der Waals surface area contributed by atoms with Gasteiger partial charge >= 0.3 is 5.69 Å². The van der Waals surface area contributed by atoms with Crippen molar-refractivity contribution in [2.24, 2.45) is 0 Å². The van der Waals surface area contributed by atoms with Gasteiger partial charge < -0.3 is 0 Å². The number of nitrogens with one attached hydrogen (secondary N) is 1. The lowest BCUT2D eigenvalue weighted by Crippen LogP contribution is -2.34. The number of carbonyl (C=O) groups excluding carboxylic acids is 1. The zero-order valence-corrected chi connectivity index (χ0v) is 13.2. The number of unbranched alkanes of at least 4 members (excludes halogenated alkanes) is 8. The lowest BCUT2D eigenvalue weighted by atomic mass is 10.1. The Balaban J connectivity index is 2.23. The molecule has 0 bridgehead atoms. The van der Waals surface area contributed by atoms with Crippen LogP contribution in [0.15, 0.2) is 15.8 Å². The Hall–Kier alpha value is -1.72. The van der Waals surface area contributed by atoms with E-state index in [0.29, 0.717) is 17.2 Å². The minimum absolute atomic E-state index is 0.182. The van der Waals surface area contributed by atoms with Crippen molar-refractivity contribution in [1.29, 1.82) is 0 Å². The Morgan fingerprint density at radius 3 is 2.18 bits per heavy atom. The van der Waals surface area contributed by atoms with E-state index in [1.54, 1.807) is 4.98 Å². The molecule has 0 radical (unpaired) electrons. The number of aromatic amines is 1. The van der Waals surface area contributed by atoms with Crippen molar-refractivity contribution in [3.05, 3.63) is 32.9 Å². The second-order valence-corrected chi connectivity index (χ2v) is 5.58. The molecule has 1 aromatic rings. The molecule has 0 aliphatic rings. The van der Waals surface area contributed by atoms with Gasteiger partial charge in [0.2, 0.25) is 11.7 Å². The van der Waals surface area contributed by atoms with Gasteiger partial charge in [0.15, 0.2) is 0 Å². The molecule has 1 aromatic heterocycles. The fourth-order valence-corrected chi connectivity index (χ4v) is 2.34. The van der Waals surface area contributed by atoms with E-state index in [2.05, 4.69) is 6.92 Å². The standard InChI is InChI=1S/C16H25FN2O3/c1-2-3-4-5-6-7-8-9-10-11-14(20)19-12-13(17)15(21)18-16(19)22/h12H,2-11H2,1H3,(H,18,21,22). The summed E-state index contributed by atoms with van der Waals surface area (Å²) < 4.78 is 13.7. The molecule has 1 heterocycles. The molecule has 0 aliphatic heterocycles. The molecule has 5 nitrogen and oxygen atoms in total. The van der Waals surface area contributed by atoms with Crippen LogP contribution in [0.1, 0.15) is 75.9 Å². The van der Waals surface area contributed by atoms with E-state index >= 15 is 0 Å². The Labute approximate surface area is 129 Å². The van der Waals surface area contributed by atoms with Crippen molar-refractivity contribution in [2.45, 2.75) is 71.1 Å². The molecule has 0 saturated heterocycles. The maximum atomic E-state index is 13.1. The van der Waals surface area contributed by atoms with Gasteiger partial charge in [0.05, 0.1) is 6.20 Å². The zero-order valence-electron chi connectivity index (χ0n) is 13.2. The summed E-state index contributed by atoms with van der Waals surface area (Å²) in [6, 6.07) is 0. The topological polar surface area (TPSA) is 71.9 Å². The Morgan fingerprint density at radius 1 is 1.05 bits per heavy atom. The highest BCUT2D eigenvalue weighted by atomic mass is 19.1. The fraction of sp³-hybridized carbons (Fsp3) is 0.688. The molecule has 1 N–H and O–H groups in total. The van der Waals surface area contributed by atoms with E-state index in [0.717, 1.165) is 19.3 Å². The number of halogens is 1. The number of H-pyrrole nitrogens is 1. The van der Waals surface area contributed by atoms with E-state index < -0.39 is 23.0 Å². The molecule has 0 saturated carbocycles. The van der Waals surface area contributed by atoms with Crippen LogP contribution in [0, 0.1) is 5.82 Å². The Morgan fingerprint density at radius 2 is 1.59 bits per heavy atom. The molecule has 0 unspecified atom stereocenters. The fourth-order valence-electron chi connectivity index (χ4n) is 2.34. The summed E-state index contributed by atoms with van der Waals surface area (Å²) in [6.07, 6.45) is 11.0. The van der Waals surface area contributed by atoms with Crippen molar-refractivity contribution in [3.63, 3.8) is 0 Å². The summed E-state index contributed by atoms with van der Waals surface area (Å²) in [4.78, 5) is 35.9. The van der Waals surface area contributed by atoms with Gasteiger partial charge in [0.1, 0.15) is 0 Å². The summed E-state index contributed by atoms with van der Waals surface area (Å²) in [7, 11) is 0. The highest BCUT2D eigenvalue weighted by Gasteiger charge is 2.10. The number of hydrogen-bond donors (Lipinski definition) is 1. The number of hydrogen-bond acceptors (Lipinski definition) is 3. The van der Waals surface area contributed by atoms with Crippen LogP contribution in [-0.4, -0.2) is 15.5 Å². The third-order valence-corrected chi connectivity index (χ3v) is 3.66. The van der Waals surface area contributed by atoms with Crippen LogP contribution < -0.4 is 11.2 Å². The summed E-state index contributed by atoms with van der Waals surface area (Å²) in [6.45, 7) is 2.19. The predicted molar refractivity (Wildman–Crippen MR) is 83.8 cm³/mol. The van der Waals surface area contributed by atoms with Gasteiger partial charge in [-0.05, 0) is 6.42 Å². The van der Waals surface area contributed by atoms with Gasteiger partial charge in [-0.15, -0.1) is 0 Å². The maximum absolute atomic E-state index is 13.1. The van der Waals surface area contributed by atoms with Crippen LogP contribution >= 0.6 is 0 Å². The monoisotopic (exact) mass is 312 g/mol. The van der Waals surface area contributed by atoms with Crippen LogP contribution in [0.3, 0.4) is 0 Å². The maximum Gasteiger partial charge on any atom is 0.335 e.